The van der Waals surface area contributed by atoms with Gasteiger partial charge in [-0.05, 0) is 23.3 Å². The van der Waals surface area contributed by atoms with Crippen molar-refractivity contribution in [3.05, 3.63) is 87.4 Å². The molecule has 0 fully saturated rings. The van der Waals surface area contributed by atoms with Crippen LogP contribution >= 0.6 is 11.3 Å². The van der Waals surface area contributed by atoms with Crippen molar-refractivity contribution in [3.8, 4) is 6.07 Å². The molecule has 0 radical (unpaired) electrons. The van der Waals surface area contributed by atoms with Crippen molar-refractivity contribution in [2.24, 2.45) is 0 Å². The molecule has 3 aromatic rings. The summed E-state index contributed by atoms with van der Waals surface area (Å²) in [5, 5.41) is 12.3. The Morgan fingerprint density at radius 2 is 1.91 bits per heavy atom. The molecule has 0 spiro atoms. The number of rotatable bonds is 5. The number of nitrogens with zero attached hydrogens (tertiary/aromatic N) is 3. The molecule has 5 nitrogen and oxygen atoms in total. The molecule has 1 aliphatic rings. The number of alkyl halides is 3. The minimum absolute atomic E-state index is 0.244. The molecule has 0 aliphatic carbocycles. The number of fused-ring (bicyclic) bond motifs is 1. The van der Waals surface area contributed by atoms with Crippen LogP contribution in [0.3, 0.4) is 0 Å². The van der Waals surface area contributed by atoms with Crippen molar-refractivity contribution >= 4 is 28.5 Å². The second-order valence-corrected chi connectivity index (χ2v) is 8.63. The first kappa shape index (κ1) is 22.7. The Hall–Kier alpha value is -3.48. The van der Waals surface area contributed by atoms with Crippen molar-refractivity contribution in [1.82, 2.24) is 9.88 Å². The first-order valence-corrected chi connectivity index (χ1v) is 11.0. The molecule has 1 amide bonds. The highest BCUT2D eigenvalue weighted by Crippen LogP contribution is 2.33. The Bertz CT molecular complexity index is 1230. The zero-order valence-electron chi connectivity index (χ0n) is 17.4. The molecule has 1 aliphatic heterocycles. The molecule has 4 rings (SSSR count). The zero-order valence-corrected chi connectivity index (χ0v) is 18.2. The summed E-state index contributed by atoms with van der Waals surface area (Å²) in [6.07, 6.45) is -2.91. The number of benzene rings is 2. The molecule has 2 heterocycles. The van der Waals surface area contributed by atoms with Crippen LogP contribution in [-0.4, -0.2) is 22.3 Å². The van der Waals surface area contributed by atoms with E-state index in [-0.39, 0.29) is 5.56 Å². The molecule has 0 saturated carbocycles. The van der Waals surface area contributed by atoms with Gasteiger partial charge in [-0.1, -0.05) is 48.5 Å². The molecule has 0 atom stereocenters. The highest BCUT2D eigenvalue weighted by Gasteiger charge is 2.32. The van der Waals surface area contributed by atoms with Crippen LogP contribution in [0.2, 0.25) is 0 Å². The second kappa shape index (κ2) is 9.57. The lowest BCUT2D eigenvalue weighted by Crippen LogP contribution is -2.29. The largest absolute Gasteiger partial charge is 0.416 e. The van der Waals surface area contributed by atoms with E-state index in [4.69, 9.17) is 0 Å². The highest BCUT2D eigenvalue weighted by molar-refractivity contribution is 7.15. The number of aromatic nitrogens is 1. The normalized spacial score (nSPS) is 14.4. The van der Waals surface area contributed by atoms with E-state index in [1.807, 2.05) is 18.2 Å². The predicted molar refractivity (Wildman–Crippen MR) is 120 cm³/mol. The fourth-order valence-electron chi connectivity index (χ4n) is 3.63. The maximum atomic E-state index is 13.2. The highest BCUT2D eigenvalue weighted by atomic mass is 32.1. The molecule has 1 N–H and O–H groups in total. The molecule has 1 aromatic heterocycles. The van der Waals surface area contributed by atoms with E-state index >= 15 is 0 Å². The lowest BCUT2D eigenvalue weighted by atomic mass is 10.0. The van der Waals surface area contributed by atoms with Crippen LogP contribution in [0.15, 0.2) is 60.2 Å². The summed E-state index contributed by atoms with van der Waals surface area (Å²) in [5.41, 5.74) is 0.525. The Morgan fingerprint density at radius 3 is 2.64 bits per heavy atom. The van der Waals surface area contributed by atoms with Gasteiger partial charge in [0.1, 0.15) is 11.6 Å². The molecule has 168 valence electrons. The van der Waals surface area contributed by atoms with E-state index in [1.54, 1.807) is 6.07 Å². The van der Waals surface area contributed by atoms with Crippen molar-refractivity contribution in [2.45, 2.75) is 25.7 Å². The van der Waals surface area contributed by atoms with E-state index < -0.39 is 23.2 Å². The number of hydrogen-bond acceptors (Lipinski definition) is 5. The summed E-state index contributed by atoms with van der Waals surface area (Å²) in [6.45, 7) is 2.33. The van der Waals surface area contributed by atoms with Crippen LogP contribution in [0, 0.1) is 11.3 Å². The standard InChI is InChI=1S/C24H19F3N4OS/c25-24(26,27)19-9-5-4-8-17(19)12-18(13-28)22(32)30-23-29-20-10-11-31(15-21(20)33-23)14-16-6-2-1-3-7-16/h1-9,12H,10-11,14-15H2,(H,29,30,32). The first-order chi connectivity index (χ1) is 15.8. The third kappa shape index (κ3) is 5.48. The molecule has 33 heavy (non-hydrogen) atoms. The monoisotopic (exact) mass is 468 g/mol. The van der Waals surface area contributed by atoms with Crippen LogP contribution in [0.25, 0.3) is 6.08 Å². The zero-order chi connectivity index (χ0) is 23.4. The number of halogens is 3. The molecule has 9 heteroatoms. The van der Waals surface area contributed by atoms with Gasteiger partial charge in [-0.15, -0.1) is 11.3 Å². The van der Waals surface area contributed by atoms with Gasteiger partial charge in [0.25, 0.3) is 5.91 Å². The fourth-order valence-corrected chi connectivity index (χ4v) is 4.67. The van der Waals surface area contributed by atoms with Crippen molar-refractivity contribution < 1.29 is 18.0 Å². The van der Waals surface area contributed by atoms with E-state index in [9.17, 15) is 23.2 Å². The average molecular weight is 469 g/mol. The summed E-state index contributed by atoms with van der Waals surface area (Å²) in [7, 11) is 0. The number of thiazole rings is 1. The van der Waals surface area contributed by atoms with Gasteiger partial charge in [0.15, 0.2) is 5.13 Å². The summed E-state index contributed by atoms with van der Waals surface area (Å²) in [6, 6.07) is 16.6. The lowest BCUT2D eigenvalue weighted by molar-refractivity contribution is -0.137. The Morgan fingerprint density at radius 1 is 1.18 bits per heavy atom. The van der Waals surface area contributed by atoms with Gasteiger partial charge in [-0.2, -0.15) is 18.4 Å². The van der Waals surface area contributed by atoms with E-state index in [2.05, 4.69) is 27.3 Å². The van der Waals surface area contributed by atoms with E-state index in [0.29, 0.717) is 11.7 Å². The van der Waals surface area contributed by atoms with Gasteiger partial charge in [-0.3, -0.25) is 15.0 Å². The third-order valence-electron chi connectivity index (χ3n) is 5.21. The van der Waals surface area contributed by atoms with Crippen LogP contribution < -0.4 is 5.32 Å². The van der Waals surface area contributed by atoms with E-state index in [1.165, 1.54) is 35.1 Å². The molecule has 2 aromatic carbocycles. The molecule has 0 unspecified atom stereocenters. The Kier molecular flexibility index (Phi) is 6.58. The lowest BCUT2D eigenvalue weighted by Gasteiger charge is -2.25. The number of carbonyl (C=O) groups excluding carboxylic acids is 1. The van der Waals surface area contributed by atoms with Gasteiger partial charge in [0, 0.05) is 30.9 Å². The second-order valence-electron chi connectivity index (χ2n) is 7.54. The van der Waals surface area contributed by atoms with Crippen LogP contribution in [0.5, 0.6) is 0 Å². The number of nitrogens with one attached hydrogen (secondary N) is 1. The summed E-state index contributed by atoms with van der Waals surface area (Å²) >= 11 is 1.32. The fraction of sp³-hybridized carbons (Fsp3) is 0.208. The Labute approximate surface area is 192 Å². The van der Waals surface area contributed by atoms with Crippen LogP contribution in [-0.2, 0) is 30.5 Å². The number of carbonyl (C=O) groups is 1. The van der Waals surface area contributed by atoms with Crippen molar-refractivity contribution in [1.29, 1.82) is 5.26 Å². The van der Waals surface area contributed by atoms with Gasteiger partial charge in [0.2, 0.25) is 0 Å². The van der Waals surface area contributed by atoms with Crippen LogP contribution in [0.1, 0.15) is 27.3 Å². The van der Waals surface area contributed by atoms with Gasteiger partial charge < -0.3 is 0 Å². The number of anilines is 1. The molecular formula is C24H19F3N4OS. The van der Waals surface area contributed by atoms with Gasteiger partial charge in [0.05, 0.1) is 11.3 Å². The summed E-state index contributed by atoms with van der Waals surface area (Å²) < 4.78 is 39.7. The van der Waals surface area contributed by atoms with E-state index in [0.717, 1.165) is 42.2 Å². The maximum Gasteiger partial charge on any atom is 0.416 e. The minimum atomic E-state index is -4.59. The topological polar surface area (TPSA) is 69.0 Å². The minimum Gasteiger partial charge on any atom is -0.297 e. The number of hydrogen-bond donors (Lipinski definition) is 1. The first-order valence-electron chi connectivity index (χ1n) is 10.2. The van der Waals surface area contributed by atoms with Crippen LogP contribution in [0.4, 0.5) is 18.3 Å². The summed E-state index contributed by atoms with van der Waals surface area (Å²) in [5.74, 6) is -0.790. The summed E-state index contributed by atoms with van der Waals surface area (Å²) in [4.78, 5) is 20.4. The van der Waals surface area contributed by atoms with Gasteiger partial charge in [-0.25, -0.2) is 4.98 Å². The van der Waals surface area contributed by atoms with Crippen molar-refractivity contribution in [2.75, 3.05) is 11.9 Å². The van der Waals surface area contributed by atoms with Crippen molar-refractivity contribution in [3.63, 3.8) is 0 Å². The average Bonchev–Trinajstić information content (AvgIpc) is 3.19. The Balaban J connectivity index is 1.47. The number of nitriles is 1. The third-order valence-corrected chi connectivity index (χ3v) is 6.21. The molecule has 0 saturated heterocycles. The molecular weight excluding hydrogens is 449 g/mol. The SMILES string of the molecule is N#CC(=Cc1ccccc1C(F)(F)F)C(=O)Nc1nc2c(s1)CN(Cc1ccccc1)CC2. The smallest absolute Gasteiger partial charge is 0.297 e. The maximum absolute atomic E-state index is 13.2. The number of amides is 1. The molecule has 0 bridgehead atoms. The predicted octanol–water partition coefficient (Wildman–Crippen LogP) is 5.27. The quantitative estimate of drug-likeness (QED) is 0.409. The van der Waals surface area contributed by atoms with Gasteiger partial charge >= 0.3 is 6.18 Å².